The zero-order chi connectivity index (χ0) is 35.8. The lowest BCUT2D eigenvalue weighted by molar-refractivity contribution is -0.385. The highest BCUT2D eigenvalue weighted by molar-refractivity contribution is 8.00. The molecule has 3 aromatic carbocycles. The Balaban J connectivity index is 1.35. The molecule has 2 atom stereocenters. The third-order valence-corrected chi connectivity index (χ3v) is 10.7. The molecule has 1 aliphatic carbocycles. The van der Waals surface area contributed by atoms with E-state index in [4.69, 9.17) is 4.74 Å². The highest BCUT2D eigenvalue weighted by atomic mass is 32.2. The molecule has 1 heterocycles. The van der Waals surface area contributed by atoms with Gasteiger partial charge in [0.2, 0.25) is 5.91 Å². The summed E-state index contributed by atoms with van der Waals surface area (Å²) in [5.41, 5.74) is 1.76. The number of hydrogen-bond acceptors (Lipinski definition) is 9. The smallest absolute Gasteiger partial charge is 0.341 e. The Morgan fingerprint density at radius 3 is 2.50 bits per heavy atom. The molecule has 3 N–H and O–H groups in total. The molecule has 3 amide bonds. The molecule has 11 nitrogen and oxygen atoms in total. The third kappa shape index (κ3) is 8.65. The van der Waals surface area contributed by atoms with Crippen molar-refractivity contribution < 1.29 is 28.8 Å². The van der Waals surface area contributed by atoms with E-state index >= 15 is 0 Å². The average Bonchev–Trinajstić information content (AvgIpc) is 3.47. The summed E-state index contributed by atoms with van der Waals surface area (Å²) >= 11 is 2.73. The van der Waals surface area contributed by atoms with Crippen molar-refractivity contribution in [2.75, 3.05) is 17.7 Å². The summed E-state index contributed by atoms with van der Waals surface area (Å²) in [6.45, 7) is 4.06. The highest BCUT2D eigenvalue weighted by Gasteiger charge is 2.30. The Labute approximate surface area is 297 Å². The maximum absolute atomic E-state index is 13.6. The molecule has 1 aromatic heterocycles. The van der Waals surface area contributed by atoms with Crippen LogP contribution in [0.4, 0.5) is 16.4 Å². The molecular weight excluding hydrogens is 677 g/mol. The summed E-state index contributed by atoms with van der Waals surface area (Å²) < 4.78 is 5.07. The topological polar surface area (TPSA) is 157 Å². The van der Waals surface area contributed by atoms with E-state index in [0.29, 0.717) is 39.0 Å². The van der Waals surface area contributed by atoms with Crippen molar-refractivity contribution in [3.8, 4) is 0 Å². The van der Waals surface area contributed by atoms with Gasteiger partial charge in [0.1, 0.15) is 10.7 Å². The number of nitro benzene ring substituents is 1. The van der Waals surface area contributed by atoms with Crippen LogP contribution in [0.3, 0.4) is 0 Å². The molecule has 4 aromatic rings. The van der Waals surface area contributed by atoms with E-state index in [0.717, 1.165) is 29.7 Å². The molecule has 0 radical (unpaired) electrons. The number of esters is 1. The molecule has 2 unspecified atom stereocenters. The fraction of sp³-hybridized carbons (Fsp3) is 0.243. The number of fused-ring (bicyclic) bond motifs is 1. The van der Waals surface area contributed by atoms with Crippen LogP contribution in [-0.2, 0) is 27.2 Å². The number of rotatable bonds is 12. The molecule has 0 spiro atoms. The number of ether oxygens (including phenoxy) is 1. The summed E-state index contributed by atoms with van der Waals surface area (Å²) in [6, 6.07) is 21.1. The normalized spacial score (nSPS) is 14.5. The second-order valence-electron chi connectivity index (χ2n) is 11.7. The largest absolute Gasteiger partial charge is 0.465 e. The van der Waals surface area contributed by atoms with E-state index in [9.17, 15) is 29.3 Å². The molecule has 0 aliphatic heterocycles. The first-order valence-electron chi connectivity index (χ1n) is 16.0. The first-order valence-corrected chi connectivity index (χ1v) is 17.7. The Morgan fingerprint density at radius 2 is 1.78 bits per heavy atom. The summed E-state index contributed by atoms with van der Waals surface area (Å²) in [5, 5.41) is 20.0. The summed E-state index contributed by atoms with van der Waals surface area (Å²) in [4.78, 5) is 65.9. The van der Waals surface area contributed by atoms with Crippen LogP contribution < -0.4 is 16.0 Å². The van der Waals surface area contributed by atoms with Crippen LogP contribution in [0.25, 0.3) is 6.08 Å². The number of thioether (sulfide) groups is 1. The summed E-state index contributed by atoms with van der Waals surface area (Å²) in [5.74, 6) is -1.51. The van der Waals surface area contributed by atoms with Gasteiger partial charge in [-0.2, -0.15) is 0 Å². The number of carbonyl (C=O) groups is 4. The Morgan fingerprint density at radius 1 is 1.04 bits per heavy atom. The average molecular weight is 713 g/mol. The van der Waals surface area contributed by atoms with Crippen LogP contribution in [-0.4, -0.2) is 41.0 Å². The molecule has 13 heteroatoms. The fourth-order valence-corrected chi connectivity index (χ4v) is 7.97. The Bertz CT molecular complexity index is 1960. The predicted octanol–water partition coefficient (Wildman–Crippen LogP) is 7.49. The maximum Gasteiger partial charge on any atom is 0.341 e. The van der Waals surface area contributed by atoms with Crippen molar-refractivity contribution in [2.45, 2.75) is 49.7 Å². The molecule has 50 heavy (non-hydrogen) atoms. The van der Waals surface area contributed by atoms with Crippen molar-refractivity contribution in [3.05, 3.63) is 122 Å². The zero-order valence-corrected chi connectivity index (χ0v) is 29.3. The summed E-state index contributed by atoms with van der Waals surface area (Å²) in [6.07, 6.45) is 4.31. The first-order chi connectivity index (χ1) is 24.1. The van der Waals surface area contributed by atoms with Crippen LogP contribution in [0.1, 0.15) is 63.4 Å². The minimum atomic E-state index is -0.703. The molecule has 0 fully saturated rings. The van der Waals surface area contributed by atoms with E-state index in [1.54, 1.807) is 54.6 Å². The highest BCUT2D eigenvalue weighted by Crippen LogP contribution is 2.40. The number of nitro groups is 1. The van der Waals surface area contributed by atoms with Crippen LogP contribution >= 0.6 is 23.1 Å². The Hall–Kier alpha value is -5.27. The fourth-order valence-electron chi connectivity index (χ4n) is 5.56. The van der Waals surface area contributed by atoms with Gasteiger partial charge < -0.3 is 20.7 Å². The van der Waals surface area contributed by atoms with E-state index < -0.39 is 28.0 Å². The quantitative estimate of drug-likeness (QED) is 0.0449. The van der Waals surface area contributed by atoms with Crippen molar-refractivity contribution in [2.24, 2.45) is 5.92 Å². The van der Waals surface area contributed by atoms with Crippen LogP contribution in [0, 0.1) is 16.0 Å². The van der Waals surface area contributed by atoms with Crippen molar-refractivity contribution >= 4 is 69.2 Å². The second kappa shape index (κ2) is 16.4. The molecule has 0 bridgehead atoms. The molecule has 5 rings (SSSR count). The number of methoxy groups -OCH3 is 1. The number of thiophene rings is 1. The maximum atomic E-state index is 13.6. The van der Waals surface area contributed by atoms with Gasteiger partial charge in [-0.1, -0.05) is 50.2 Å². The number of nitrogens with one attached hydrogen (secondary N) is 3. The summed E-state index contributed by atoms with van der Waals surface area (Å²) in [7, 11) is 1.33. The van der Waals surface area contributed by atoms with Gasteiger partial charge in [-0.25, -0.2) is 4.79 Å². The van der Waals surface area contributed by atoms with Crippen molar-refractivity contribution in [1.82, 2.24) is 5.32 Å². The lowest BCUT2D eigenvalue weighted by Gasteiger charge is -2.18. The molecule has 258 valence electrons. The molecule has 0 saturated carbocycles. The molecule has 0 saturated heterocycles. The minimum absolute atomic E-state index is 0.133. The molecule has 1 aliphatic rings. The van der Waals surface area contributed by atoms with E-state index in [1.165, 1.54) is 54.5 Å². The molecular formula is C37H36N4O7S2. The van der Waals surface area contributed by atoms with Crippen molar-refractivity contribution in [3.63, 3.8) is 0 Å². The monoisotopic (exact) mass is 712 g/mol. The Kier molecular flexibility index (Phi) is 11.8. The van der Waals surface area contributed by atoms with E-state index in [1.807, 2.05) is 13.0 Å². The SMILES string of the molecule is CCC(Sc1cccc(NC(=O)/C(=C\c2ccccc2[N+](=O)[O-])NC(=O)c2ccccc2)c1)C(=O)Nc1sc2c(c1C(=O)OC)CCC(C)C2. The number of hydrogen-bond donors (Lipinski definition) is 3. The standard InChI is InChI=1S/C37H36N4O7S2/c1-4-30(35(44)40-36-32(37(45)48-3)27-18-17-22(2)19-31(27)50-36)49-26-15-10-14-25(21-26)38-34(43)28(39-33(42)23-11-6-5-7-12-23)20-24-13-8-9-16-29(24)41(46)47/h5-16,20-22,30H,4,17-19H2,1-3H3,(H,38,43)(H,39,42)(H,40,44)/b28-20+. The van der Waals surface area contributed by atoms with Crippen LogP contribution in [0.2, 0.25) is 0 Å². The number of amides is 3. The second-order valence-corrected chi connectivity index (χ2v) is 14.1. The number of para-hydroxylation sites is 1. The van der Waals surface area contributed by atoms with Crippen LogP contribution in [0.15, 0.2) is 89.5 Å². The first kappa shape index (κ1) is 36.0. The zero-order valence-electron chi connectivity index (χ0n) is 27.7. The number of carbonyl (C=O) groups excluding carboxylic acids is 4. The number of benzene rings is 3. The van der Waals surface area contributed by atoms with Gasteiger partial charge in [0, 0.05) is 27.1 Å². The van der Waals surface area contributed by atoms with E-state index in [2.05, 4.69) is 22.9 Å². The lowest BCUT2D eigenvalue weighted by atomic mass is 9.88. The van der Waals surface area contributed by atoms with Gasteiger partial charge in [0.15, 0.2) is 0 Å². The van der Waals surface area contributed by atoms with Gasteiger partial charge in [-0.3, -0.25) is 24.5 Å². The number of nitrogens with zero attached hydrogens (tertiary/aromatic N) is 1. The van der Waals surface area contributed by atoms with E-state index in [-0.39, 0.29) is 22.9 Å². The number of anilines is 2. The predicted molar refractivity (Wildman–Crippen MR) is 195 cm³/mol. The third-order valence-electron chi connectivity index (χ3n) is 8.13. The van der Waals surface area contributed by atoms with Crippen LogP contribution in [0.5, 0.6) is 0 Å². The van der Waals surface area contributed by atoms with Gasteiger partial charge in [0.25, 0.3) is 17.5 Å². The van der Waals surface area contributed by atoms with Crippen molar-refractivity contribution in [1.29, 1.82) is 0 Å². The van der Waals surface area contributed by atoms with Gasteiger partial charge in [-0.05, 0) is 79.6 Å². The lowest BCUT2D eigenvalue weighted by Crippen LogP contribution is -2.30. The van der Waals surface area contributed by atoms with Gasteiger partial charge >= 0.3 is 5.97 Å². The van der Waals surface area contributed by atoms with Gasteiger partial charge in [0.05, 0.1) is 28.4 Å². The minimum Gasteiger partial charge on any atom is -0.465 e. The van der Waals surface area contributed by atoms with Gasteiger partial charge in [-0.15, -0.1) is 23.1 Å².